The molecule has 0 atom stereocenters. The monoisotopic (exact) mass is 283 g/mol. The summed E-state index contributed by atoms with van der Waals surface area (Å²) in [6.45, 7) is 0. The third-order valence-electron chi connectivity index (χ3n) is 0.566. The quantitative estimate of drug-likeness (QED) is 0.548. The van der Waals surface area contributed by atoms with Crippen molar-refractivity contribution in [2.24, 2.45) is 11.5 Å². The van der Waals surface area contributed by atoms with Gasteiger partial charge in [0.1, 0.15) is 0 Å². The van der Waals surface area contributed by atoms with E-state index < -0.39 is 0 Å². The third-order valence-corrected chi connectivity index (χ3v) is 0.566. The Balaban J connectivity index is 0. The zero-order chi connectivity index (χ0) is 7.82. The molecule has 1 aromatic heterocycles. The van der Waals surface area contributed by atoms with Gasteiger partial charge in [-0.3, -0.25) is 4.98 Å². The molecule has 3 nitrogen and oxygen atoms in total. The Morgan fingerprint density at radius 1 is 1.09 bits per heavy atom. The fourth-order valence-corrected chi connectivity index (χ4v) is 0.313. The maximum Gasteiger partial charge on any atom is 0.160 e. The first-order valence-electron chi connectivity index (χ1n) is 2.63. The molecule has 5 heteroatoms. The summed E-state index contributed by atoms with van der Waals surface area (Å²) < 4.78 is 0. The van der Waals surface area contributed by atoms with E-state index in [9.17, 15) is 0 Å². The Morgan fingerprint density at radius 2 is 1.45 bits per heavy atom. The maximum absolute atomic E-state index is 4.62. The molecule has 4 N–H and O–H groups in total. The van der Waals surface area contributed by atoms with Gasteiger partial charge in [-0.1, -0.05) is 6.07 Å². The van der Waals surface area contributed by atoms with Gasteiger partial charge in [-0.15, -0.1) is 24.0 Å². The summed E-state index contributed by atoms with van der Waals surface area (Å²) in [4.78, 5) is 3.78. The van der Waals surface area contributed by atoms with Crippen molar-refractivity contribution in [2.45, 2.75) is 0 Å². The fraction of sp³-hybridized carbons (Fsp3) is 0. The highest BCUT2D eigenvalue weighted by atomic mass is 127. The van der Waals surface area contributed by atoms with Gasteiger partial charge in [0.2, 0.25) is 0 Å². The van der Waals surface area contributed by atoms with Crippen LogP contribution < -0.4 is 11.5 Å². The summed E-state index contributed by atoms with van der Waals surface area (Å²) in [6, 6.07) is 5.72. The standard InChI is InChI=1S/C5H5N.CH4N2S.HI/c1-2-4-6-5-3-1;2-1(3)4;/h1-5H;(H4,2,3,4);1H. The number of hydrogen-bond donors (Lipinski definition) is 2. The molecule has 62 valence electrons. The predicted molar refractivity (Wildman–Crippen MR) is 60.6 cm³/mol. The number of pyridine rings is 1. The average Bonchev–Trinajstić information content (AvgIpc) is 1.90. The molecule has 0 unspecified atom stereocenters. The highest BCUT2D eigenvalue weighted by molar-refractivity contribution is 14.0. The van der Waals surface area contributed by atoms with E-state index in [2.05, 4.69) is 28.7 Å². The van der Waals surface area contributed by atoms with Gasteiger partial charge >= 0.3 is 0 Å². The maximum atomic E-state index is 4.62. The Labute approximate surface area is 88.2 Å². The van der Waals surface area contributed by atoms with Crippen molar-refractivity contribution in [3.63, 3.8) is 0 Å². The second-order valence-corrected chi connectivity index (χ2v) is 1.90. The van der Waals surface area contributed by atoms with Crippen LogP contribution in [0.1, 0.15) is 0 Å². The molecule has 0 aliphatic rings. The largest absolute Gasteiger partial charge is 0.377 e. The Kier molecular flexibility index (Phi) is 11.5. The van der Waals surface area contributed by atoms with Crippen LogP contribution >= 0.6 is 36.2 Å². The summed E-state index contributed by atoms with van der Waals surface area (Å²) in [5.74, 6) is 0. The number of thiocarbonyl (C=S) groups is 1. The minimum atomic E-state index is 0. The van der Waals surface area contributed by atoms with Crippen molar-refractivity contribution >= 4 is 41.3 Å². The molecule has 0 spiro atoms. The first-order valence-corrected chi connectivity index (χ1v) is 3.04. The molecule has 0 saturated carbocycles. The topological polar surface area (TPSA) is 64.9 Å². The molecule has 0 radical (unpaired) electrons. The Morgan fingerprint density at radius 3 is 1.55 bits per heavy atom. The lowest BCUT2D eigenvalue weighted by atomic mass is 10.5. The molecule has 11 heavy (non-hydrogen) atoms. The third kappa shape index (κ3) is 17.7. The SMILES string of the molecule is I.NC(N)=S.c1ccncc1. The van der Waals surface area contributed by atoms with Crippen molar-refractivity contribution in [3.8, 4) is 0 Å². The second kappa shape index (κ2) is 9.57. The molecule has 0 bridgehead atoms. The number of rotatable bonds is 0. The van der Waals surface area contributed by atoms with E-state index in [1.807, 2.05) is 18.2 Å². The van der Waals surface area contributed by atoms with E-state index in [0.29, 0.717) is 0 Å². The average molecular weight is 283 g/mol. The number of aromatic nitrogens is 1. The van der Waals surface area contributed by atoms with Crippen LogP contribution in [-0.2, 0) is 0 Å². The van der Waals surface area contributed by atoms with Gasteiger partial charge in [0.25, 0.3) is 0 Å². The van der Waals surface area contributed by atoms with Gasteiger partial charge < -0.3 is 11.5 Å². The van der Waals surface area contributed by atoms with E-state index >= 15 is 0 Å². The van der Waals surface area contributed by atoms with Gasteiger partial charge in [-0.2, -0.15) is 0 Å². The highest BCUT2D eigenvalue weighted by Gasteiger charge is 1.58. The lowest BCUT2D eigenvalue weighted by Gasteiger charge is -1.70. The fourth-order valence-electron chi connectivity index (χ4n) is 0.313. The van der Waals surface area contributed by atoms with Crippen LogP contribution in [-0.4, -0.2) is 10.1 Å². The minimum absolute atomic E-state index is 0. The molecule has 1 aromatic rings. The molecular formula is C6H10IN3S. The smallest absolute Gasteiger partial charge is 0.160 e. The number of hydrogen-bond acceptors (Lipinski definition) is 2. The van der Waals surface area contributed by atoms with Crippen LogP contribution in [0.5, 0.6) is 0 Å². The summed E-state index contributed by atoms with van der Waals surface area (Å²) in [7, 11) is 0. The van der Waals surface area contributed by atoms with Gasteiger partial charge in [-0.05, 0) is 24.4 Å². The van der Waals surface area contributed by atoms with Gasteiger partial charge in [0, 0.05) is 12.4 Å². The van der Waals surface area contributed by atoms with Crippen LogP contribution in [0.15, 0.2) is 30.6 Å². The molecule has 0 aliphatic heterocycles. The zero-order valence-corrected chi connectivity index (χ0v) is 8.95. The zero-order valence-electron chi connectivity index (χ0n) is 5.81. The molecule has 0 amide bonds. The number of halogens is 1. The summed E-state index contributed by atoms with van der Waals surface area (Å²) in [6.07, 6.45) is 3.50. The number of nitrogens with two attached hydrogens (primary N) is 2. The number of nitrogens with zero attached hydrogens (tertiary/aromatic N) is 1. The van der Waals surface area contributed by atoms with Crippen molar-refractivity contribution in [1.29, 1.82) is 0 Å². The van der Waals surface area contributed by atoms with Gasteiger partial charge in [0.15, 0.2) is 5.11 Å². The molecule has 1 heterocycles. The van der Waals surface area contributed by atoms with Gasteiger partial charge in [-0.25, -0.2) is 0 Å². The van der Waals surface area contributed by atoms with E-state index in [0.717, 1.165) is 0 Å². The normalized spacial score (nSPS) is 6.55. The van der Waals surface area contributed by atoms with Crippen LogP contribution in [0.4, 0.5) is 0 Å². The van der Waals surface area contributed by atoms with E-state index in [1.165, 1.54) is 0 Å². The molecule has 0 fully saturated rings. The Bertz CT molecular complexity index is 150. The van der Waals surface area contributed by atoms with Crippen LogP contribution in [0.3, 0.4) is 0 Å². The van der Waals surface area contributed by atoms with Crippen LogP contribution in [0, 0.1) is 0 Å². The molecule has 0 aromatic carbocycles. The van der Waals surface area contributed by atoms with Crippen LogP contribution in [0.25, 0.3) is 0 Å². The highest BCUT2D eigenvalue weighted by Crippen LogP contribution is 1.73. The van der Waals surface area contributed by atoms with Crippen molar-refractivity contribution in [1.82, 2.24) is 4.98 Å². The van der Waals surface area contributed by atoms with Crippen LogP contribution in [0.2, 0.25) is 0 Å². The molecule has 1 rings (SSSR count). The summed E-state index contributed by atoms with van der Waals surface area (Å²) in [5.41, 5.74) is 9.24. The lowest BCUT2D eigenvalue weighted by Crippen LogP contribution is -2.18. The predicted octanol–water partition coefficient (Wildman–Crippen LogP) is 0.888. The van der Waals surface area contributed by atoms with E-state index in [-0.39, 0.29) is 29.1 Å². The minimum Gasteiger partial charge on any atom is -0.377 e. The lowest BCUT2D eigenvalue weighted by molar-refractivity contribution is 1.33. The van der Waals surface area contributed by atoms with Crippen molar-refractivity contribution < 1.29 is 0 Å². The summed E-state index contributed by atoms with van der Waals surface area (Å²) in [5, 5.41) is 0.000000000000000222. The molecule has 0 saturated heterocycles. The summed E-state index contributed by atoms with van der Waals surface area (Å²) >= 11 is 4.09. The van der Waals surface area contributed by atoms with Gasteiger partial charge in [0.05, 0.1) is 0 Å². The molecule has 0 aliphatic carbocycles. The van der Waals surface area contributed by atoms with E-state index in [1.54, 1.807) is 12.4 Å². The van der Waals surface area contributed by atoms with Crippen molar-refractivity contribution in [3.05, 3.63) is 30.6 Å². The Hall–Kier alpha value is -0.430. The van der Waals surface area contributed by atoms with Crippen molar-refractivity contribution in [2.75, 3.05) is 0 Å². The molecular weight excluding hydrogens is 273 g/mol. The second-order valence-electron chi connectivity index (χ2n) is 1.43. The first kappa shape index (κ1) is 13.2. The first-order chi connectivity index (χ1) is 4.73. The van der Waals surface area contributed by atoms with E-state index in [4.69, 9.17) is 0 Å².